The standard InChI is InChI=1S/C14H25N3O3/c1-4-17(9-12(2)3)13(18)10-15-5-7-16(8-6-15)11-14(19)20/h2,4-11H2,1,3H3,(H,19,20). The van der Waals surface area contributed by atoms with Crippen LogP contribution in [0.15, 0.2) is 12.2 Å². The third kappa shape index (κ3) is 5.71. The van der Waals surface area contributed by atoms with Crippen LogP contribution in [0, 0.1) is 0 Å². The lowest BCUT2D eigenvalue weighted by molar-refractivity contribution is -0.139. The van der Waals surface area contributed by atoms with Gasteiger partial charge in [-0.2, -0.15) is 0 Å². The fourth-order valence-electron chi connectivity index (χ4n) is 2.29. The molecule has 1 aliphatic heterocycles. The van der Waals surface area contributed by atoms with E-state index in [0.29, 0.717) is 32.7 Å². The highest BCUT2D eigenvalue weighted by Crippen LogP contribution is 2.04. The Labute approximate surface area is 120 Å². The highest BCUT2D eigenvalue weighted by Gasteiger charge is 2.22. The quantitative estimate of drug-likeness (QED) is 0.672. The average molecular weight is 283 g/mol. The van der Waals surface area contributed by atoms with Crippen molar-refractivity contribution in [2.24, 2.45) is 0 Å². The van der Waals surface area contributed by atoms with E-state index in [1.54, 1.807) is 4.90 Å². The van der Waals surface area contributed by atoms with Gasteiger partial charge in [0, 0.05) is 39.3 Å². The van der Waals surface area contributed by atoms with Gasteiger partial charge in [0.15, 0.2) is 0 Å². The van der Waals surface area contributed by atoms with E-state index in [-0.39, 0.29) is 12.5 Å². The van der Waals surface area contributed by atoms with Gasteiger partial charge in [0.1, 0.15) is 0 Å². The SMILES string of the molecule is C=C(C)CN(CC)C(=O)CN1CCN(CC(=O)O)CC1. The third-order valence-electron chi connectivity index (χ3n) is 3.38. The van der Waals surface area contributed by atoms with E-state index in [4.69, 9.17) is 5.11 Å². The van der Waals surface area contributed by atoms with Crippen LogP contribution in [0.25, 0.3) is 0 Å². The summed E-state index contributed by atoms with van der Waals surface area (Å²) < 4.78 is 0. The maximum Gasteiger partial charge on any atom is 0.317 e. The van der Waals surface area contributed by atoms with Crippen molar-refractivity contribution >= 4 is 11.9 Å². The van der Waals surface area contributed by atoms with Crippen molar-refractivity contribution in [1.82, 2.24) is 14.7 Å². The molecule has 1 saturated heterocycles. The summed E-state index contributed by atoms with van der Waals surface area (Å²) in [5, 5.41) is 8.74. The Kier molecular flexibility index (Phi) is 6.67. The number of rotatable bonds is 7. The first-order chi connectivity index (χ1) is 9.42. The highest BCUT2D eigenvalue weighted by atomic mass is 16.4. The molecule has 0 aromatic carbocycles. The lowest BCUT2D eigenvalue weighted by Gasteiger charge is -2.34. The number of nitrogens with zero attached hydrogens (tertiary/aromatic N) is 3. The molecule has 1 heterocycles. The number of hydrogen-bond acceptors (Lipinski definition) is 4. The molecular weight excluding hydrogens is 258 g/mol. The molecule has 0 bridgehead atoms. The number of hydrogen-bond donors (Lipinski definition) is 1. The molecule has 0 aliphatic carbocycles. The second kappa shape index (κ2) is 8.01. The Morgan fingerprint density at radius 3 is 2.05 bits per heavy atom. The van der Waals surface area contributed by atoms with Crippen molar-refractivity contribution < 1.29 is 14.7 Å². The summed E-state index contributed by atoms with van der Waals surface area (Å²) in [5.74, 6) is -0.685. The van der Waals surface area contributed by atoms with Crippen molar-refractivity contribution in [2.45, 2.75) is 13.8 Å². The van der Waals surface area contributed by atoms with Gasteiger partial charge in [-0.05, 0) is 13.8 Å². The summed E-state index contributed by atoms with van der Waals surface area (Å²) >= 11 is 0. The van der Waals surface area contributed by atoms with Crippen molar-refractivity contribution in [2.75, 3.05) is 52.4 Å². The van der Waals surface area contributed by atoms with Crippen LogP contribution in [0.5, 0.6) is 0 Å². The maximum absolute atomic E-state index is 12.2. The Hall–Kier alpha value is -1.40. The predicted octanol–water partition coefficient (Wildman–Crippen LogP) is 0.113. The van der Waals surface area contributed by atoms with E-state index in [1.807, 2.05) is 18.7 Å². The number of likely N-dealkylation sites (N-methyl/N-ethyl adjacent to an activating group) is 1. The van der Waals surface area contributed by atoms with E-state index >= 15 is 0 Å². The van der Waals surface area contributed by atoms with Crippen molar-refractivity contribution in [3.63, 3.8) is 0 Å². The highest BCUT2D eigenvalue weighted by molar-refractivity contribution is 5.78. The van der Waals surface area contributed by atoms with E-state index in [0.717, 1.165) is 18.7 Å². The van der Waals surface area contributed by atoms with Crippen molar-refractivity contribution in [3.05, 3.63) is 12.2 Å². The fourth-order valence-corrected chi connectivity index (χ4v) is 2.29. The Morgan fingerprint density at radius 1 is 1.15 bits per heavy atom. The topological polar surface area (TPSA) is 64.1 Å². The molecule has 0 spiro atoms. The van der Waals surface area contributed by atoms with E-state index in [2.05, 4.69) is 11.5 Å². The minimum absolute atomic E-state index is 0.0819. The first-order valence-corrected chi connectivity index (χ1v) is 7.01. The van der Waals surface area contributed by atoms with Crippen LogP contribution in [0.2, 0.25) is 0 Å². The zero-order valence-electron chi connectivity index (χ0n) is 12.5. The van der Waals surface area contributed by atoms with Gasteiger partial charge >= 0.3 is 5.97 Å². The number of piperazine rings is 1. The van der Waals surface area contributed by atoms with Gasteiger partial charge in [0.05, 0.1) is 13.1 Å². The number of carbonyl (C=O) groups is 2. The second-order valence-electron chi connectivity index (χ2n) is 5.31. The zero-order chi connectivity index (χ0) is 15.1. The molecule has 0 radical (unpaired) electrons. The number of amides is 1. The third-order valence-corrected chi connectivity index (χ3v) is 3.38. The monoisotopic (exact) mass is 283 g/mol. The van der Waals surface area contributed by atoms with Crippen LogP contribution < -0.4 is 0 Å². The van der Waals surface area contributed by atoms with Crippen LogP contribution >= 0.6 is 0 Å². The lowest BCUT2D eigenvalue weighted by atomic mass is 10.2. The minimum Gasteiger partial charge on any atom is -0.480 e. The number of carbonyl (C=O) groups excluding carboxylic acids is 1. The molecule has 6 heteroatoms. The summed E-state index contributed by atoms with van der Waals surface area (Å²) in [6.45, 7) is 12.4. The Bertz CT molecular complexity index is 363. The van der Waals surface area contributed by atoms with Crippen LogP contribution in [-0.4, -0.2) is 84.0 Å². The zero-order valence-corrected chi connectivity index (χ0v) is 12.5. The summed E-state index contributed by atoms with van der Waals surface area (Å²) in [7, 11) is 0. The largest absolute Gasteiger partial charge is 0.480 e. The molecule has 0 aromatic heterocycles. The number of aliphatic carboxylic acids is 1. The molecule has 0 atom stereocenters. The first-order valence-electron chi connectivity index (χ1n) is 7.01. The summed E-state index contributed by atoms with van der Waals surface area (Å²) in [6.07, 6.45) is 0. The van der Waals surface area contributed by atoms with E-state index in [1.165, 1.54) is 0 Å². The molecule has 1 aliphatic rings. The minimum atomic E-state index is -0.798. The van der Waals surface area contributed by atoms with Gasteiger partial charge < -0.3 is 10.0 Å². The first kappa shape index (κ1) is 16.7. The summed E-state index contributed by atoms with van der Waals surface area (Å²) in [4.78, 5) is 28.6. The van der Waals surface area contributed by atoms with Gasteiger partial charge in [-0.15, -0.1) is 0 Å². The van der Waals surface area contributed by atoms with Crippen LogP contribution in [-0.2, 0) is 9.59 Å². The van der Waals surface area contributed by atoms with E-state index in [9.17, 15) is 9.59 Å². The van der Waals surface area contributed by atoms with Gasteiger partial charge in [-0.1, -0.05) is 12.2 Å². The van der Waals surface area contributed by atoms with Gasteiger partial charge in [0.2, 0.25) is 5.91 Å². The molecule has 114 valence electrons. The molecule has 0 saturated carbocycles. The summed E-state index contributed by atoms with van der Waals surface area (Å²) in [5.41, 5.74) is 0.978. The normalized spacial score (nSPS) is 16.9. The van der Waals surface area contributed by atoms with Crippen LogP contribution in [0.3, 0.4) is 0 Å². The molecular formula is C14H25N3O3. The maximum atomic E-state index is 12.2. The molecule has 20 heavy (non-hydrogen) atoms. The molecule has 1 fully saturated rings. The van der Waals surface area contributed by atoms with Gasteiger partial charge in [-0.3, -0.25) is 19.4 Å². The number of carboxylic acid groups (broad SMARTS) is 1. The second-order valence-corrected chi connectivity index (χ2v) is 5.31. The van der Waals surface area contributed by atoms with Crippen molar-refractivity contribution in [1.29, 1.82) is 0 Å². The van der Waals surface area contributed by atoms with Gasteiger partial charge in [-0.25, -0.2) is 0 Å². The fraction of sp³-hybridized carbons (Fsp3) is 0.714. The van der Waals surface area contributed by atoms with Crippen LogP contribution in [0.1, 0.15) is 13.8 Å². The molecule has 0 aromatic rings. The smallest absolute Gasteiger partial charge is 0.317 e. The van der Waals surface area contributed by atoms with Crippen molar-refractivity contribution in [3.8, 4) is 0 Å². The Balaban J connectivity index is 2.37. The Morgan fingerprint density at radius 2 is 1.65 bits per heavy atom. The summed E-state index contributed by atoms with van der Waals surface area (Å²) in [6, 6.07) is 0. The lowest BCUT2D eigenvalue weighted by Crippen LogP contribution is -2.51. The van der Waals surface area contributed by atoms with E-state index < -0.39 is 5.97 Å². The number of carboxylic acids is 1. The molecule has 1 N–H and O–H groups in total. The van der Waals surface area contributed by atoms with Gasteiger partial charge in [0.25, 0.3) is 0 Å². The molecule has 0 unspecified atom stereocenters. The molecule has 1 amide bonds. The average Bonchev–Trinajstić information content (AvgIpc) is 2.37. The molecule has 1 rings (SSSR count). The van der Waals surface area contributed by atoms with Crippen LogP contribution in [0.4, 0.5) is 0 Å². The molecule has 6 nitrogen and oxygen atoms in total. The predicted molar refractivity (Wildman–Crippen MR) is 77.6 cm³/mol.